The minimum absolute atomic E-state index is 0.200. The number of carbonyl (C=O) groups excluding carboxylic acids is 1. The summed E-state index contributed by atoms with van der Waals surface area (Å²) in [7, 11) is 6.54. The van der Waals surface area contributed by atoms with E-state index in [0.717, 1.165) is 22.6 Å². The number of rotatable bonds is 11. The van der Waals surface area contributed by atoms with E-state index in [1.165, 1.54) is 17.3 Å². The lowest BCUT2D eigenvalue weighted by atomic mass is 10.0. The largest absolute Gasteiger partial charge is 0.497 e. The maximum absolute atomic E-state index is 13.2. The van der Waals surface area contributed by atoms with Crippen molar-refractivity contribution < 1.29 is 28.5 Å². The zero-order valence-electron chi connectivity index (χ0n) is 28.6. The van der Waals surface area contributed by atoms with E-state index in [1.54, 1.807) is 63.3 Å². The minimum atomic E-state index is -0.434. The van der Waals surface area contributed by atoms with Gasteiger partial charge < -0.3 is 29.0 Å². The van der Waals surface area contributed by atoms with Gasteiger partial charge in [0, 0.05) is 37.7 Å². The van der Waals surface area contributed by atoms with Gasteiger partial charge in [0.1, 0.15) is 35.8 Å². The van der Waals surface area contributed by atoms with Gasteiger partial charge in [0.05, 0.1) is 24.6 Å². The molecular weight excluding hydrogens is 665 g/mol. The summed E-state index contributed by atoms with van der Waals surface area (Å²) in [5.41, 5.74) is 4.81. The molecule has 0 saturated carbocycles. The first-order valence-electron chi connectivity index (χ1n) is 15.6. The van der Waals surface area contributed by atoms with Crippen LogP contribution in [-0.2, 0) is 18.9 Å². The number of carbonyl (C=O) groups is 1. The average molecular weight is 707 g/mol. The van der Waals surface area contributed by atoms with E-state index in [1.807, 2.05) is 75.4 Å². The standard InChI is InChI=1S/C35H42N6O6S2/c1-21-8-14-26(15-9-21)41-19-36-32(40-41)24-10-12-25(13-11-24)37-34(42)39-35(38-28-17-16-27(43-4)18-22(28)2)49-20-48-33-31(46-7)30(45-6)29(44-5)23(3)47-33/h8-19,23,29-31,33H,20H2,1-7H3,(H2,37,38,39,42)/t23-,29-,30-,31-,33-/m0/s1. The predicted octanol–water partition coefficient (Wildman–Crippen LogP) is 6.58. The number of anilines is 1. The van der Waals surface area contributed by atoms with Crippen molar-refractivity contribution in [1.82, 2.24) is 20.1 Å². The number of hydrogen-bond acceptors (Lipinski definition) is 11. The van der Waals surface area contributed by atoms with Crippen molar-refractivity contribution in [3.63, 3.8) is 0 Å². The number of ether oxygens (including phenoxy) is 5. The second-order valence-corrected chi connectivity index (χ2v) is 13.7. The molecule has 0 radical (unpaired) electrons. The third-order valence-corrected chi connectivity index (χ3v) is 10.2. The first-order valence-corrected chi connectivity index (χ1v) is 17.6. The molecule has 5 atom stereocenters. The van der Waals surface area contributed by atoms with Gasteiger partial charge in [-0.3, -0.25) is 5.32 Å². The SMILES string of the molecule is COc1ccc(N=C(NC(=O)Nc2ccc(-c3ncn(-c4ccc(C)cc4)n3)cc2)SCS[C@@H]2O[C@@H](C)[C@H](OC)[C@H](OC)[C@@H]2OC)c(C)c1. The van der Waals surface area contributed by atoms with E-state index in [2.05, 4.69) is 20.7 Å². The van der Waals surface area contributed by atoms with Crippen LogP contribution in [0, 0.1) is 13.8 Å². The summed E-state index contributed by atoms with van der Waals surface area (Å²) in [6.45, 7) is 5.94. The van der Waals surface area contributed by atoms with Gasteiger partial charge in [-0.2, -0.15) is 0 Å². The van der Waals surface area contributed by atoms with Crippen LogP contribution >= 0.6 is 23.5 Å². The molecule has 0 unspecified atom stereocenters. The summed E-state index contributed by atoms with van der Waals surface area (Å²) in [6.07, 6.45) is 0.567. The van der Waals surface area contributed by atoms with Crippen molar-refractivity contribution in [2.45, 2.75) is 50.6 Å². The molecule has 1 saturated heterocycles. The zero-order valence-corrected chi connectivity index (χ0v) is 30.2. The van der Waals surface area contributed by atoms with E-state index >= 15 is 0 Å². The van der Waals surface area contributed by atoms with E-state index in [-0.39, 0.29) is 29.9 Å². The normalized spacial score (nSPS) is 21.0. The fourth-order valence-corrected chi connectivity index (χ4v) is 7.66. The Morgan fingerprint density at radius 2 is 1.65 bits per heavy atom. The highest BCUT2D eigenvalue weighted by Crippen LogP contribution is 2.35. The van der Waals surface area contributed by atoms with Gasteiger partial charge in [-0.25, -0.2) is 19.5 Å². The molecule has 2 heterocycles. The molecule has 1 fully saturated rings. The molecule has 0 spiro atoms. The highest BCUT2D eigenvalue weighted by Gasteiger charge is 2.45. The smallest absolute Gasteiger partial charge is 0.325 e. The Morgan fingerprint density at radius 3 is 2.31 bits per heavy atom. The van der Waals surface area contributed by atoms with E-state index < -0.39 is 6.03 Å². The lowest BCUT2D eigenvalue weighted by molar-refractivity contribution is -0.216. The predicted molar refractivity (Wildman–Crippen MR) is 195 cm³/mol. The Balaban J connectivity index is 1.26. The second-order valence-electron chi connectivity index (χ2n) is 11.3. The number of aryl methyl sites for hydroxylation is 2. The molecule has 2 amide bonds. The van der Waals surface area contributed by atoms with Gasteiger partial charge in [0.15, 0.2) is 11.0 Å². The number of aromatic nitrogens is 3. The minimum Gasteiger partial charge on any atom is -0.497 e. The molecule has 4 aromatic rings. The van der Waals surface area contributed by atoms with Crippen LogP contribution in [0.3, 0.4) is 0 Å². The Bertz CT molecular complexity index is 1720. The van der Waals surface area contributed by atoms with Crippen molar-refractivity contribution in [3.05, 3.63) is 84.2 Å². The molecule has 1 aromatic heterocycles. The zero-order chi connectivity index (χ0) is 34.9. The number of amidine groups is 1. The molecule has 1 aliphatic heterocycles. The van der Waals surface area contributed by atoms with Gasteiger partial charge in [-0.1, -0.05) is 29.5 Å². The first kappa shape index (κ1) is 36.4. The van der Waals surface area contributed by atoms with Gasteiger partial charge >= 0.3 is 6.03 Å². The molecule has 0 aliphatic carbocycles. The number of hydrogen-bond donors (Lipinski definition) is 2. The molecule has 3 aromatic carbocycles. The van der Waals surface area contributed by atoms with Crippen LogP contribution in [0.4, 0.5) is 16.2 Å². The van der Waals surface area contributed by atoms with Gasteiger partial charge in [0.2, 0.25) is 0 Å². The molecule has 0 bridgehead atoms. The summed E-state index contributed by atoms with van der Waals surface area (Å²) in [5.74, 6) is 1.31. The lowest BCUT2D eigenvalue weighted by Gasteiger charge is -2.43. The number of methoxy groups -OCH3 is 4. The van der Waals surface area contributed by atoms with Crippen LogP contribution in [-0.4, -0.2) is 89.3 Å². The number of thioether (sulfide) groups is 2. The molecule has 14 heteroatoms. The Morgan fingerprint density at radius 1 is 0.939 bits per heavy atom. The first-order chi connectivity index (χ1) is 23.7. The van der Waals surface area contributed by atoms with E-state index in [9.17, 15) is 4.79 Å². The Hall–Kier alpha value is -3.92. The molecule has 12 nitrogen and oxygen atoms in total. The quantitative estimate of drug-likeness (QED) is 0.100. The summed E-state index contributed by atoms with van der Waals surface area (Å²) < 4.78 is 30.5. The number of benzene rings is 3. The number of urea groups is 1. The van der Waals surface area contributed by atoms with Crippen LogP contribution in [0.2, 0.25) is 0 Å². The van der Waals surface area contributed by atoms with Crippen LogP contribution < -0.4 is 15.4 Å². The maximum atomic E-state index is 13.2. The van der Waals surface area contributed by atoms with Crippen molar-refractivity contribution in [1.29, 1.82) is 0 Å². The van der Waals surface area contributed by atoms with E-state index in [4.69, 9.17) is 28.7 Å². The summed E-state index contributed by atoms with van der Waals surface area (Å²) in [5, 5.41) is 11.4. The van der Waals surface area contributed by atoms with Crippen LogP contribution in [0.1, 0.15) is 18.1 Å². The molecule has 5 rings (SSSR count). The fourth-order valence-electron chi connectivity index (χ4n) is 5.37. The molecular formula is C35H42N6O6S2. The maximum Gasteiger partial charge on any atom is 0.325 e. The monoisotopic (exact) mass is 706 g/mol. The fraction of sp³-hybridized carbons (Fsp3) is 0.371. The molecule has 260 valence electrons. The lowest BCUT2D eigenvalue weighted by Crippen LogP contribution is -2.57. The Labute approximate surface area is 295 Å². The van der Waals surface area contributed by atoms with Crippen molar-refractivity contribution >= 4 is 46.1 Å². The number of nitrogens with one attached hydrogen (secondary N) is 2. The number of amides is 2. The highest BCUT2D eigenvalue weighted by molar-refractivity contribution is 8.24. The van der Waals surface area contributed by atoms with Gasteiger partial charge in [-0.05, 0) is 80.9 Å². The Kier molecular flexibility index (Phi) is 12.7. The van der Waals surface area contributed by atoms with Crippen LogP contribution in [0.5, 0.6) is 5.75 Å². The molecule has 1 aliphatic rings. The highest BCUT2D eigenvalue weighted by atomic mass is 32.2. The van der Waals surface area contributed by atoms with Gasteiger partial charge in [-0.15, -0.1) is 16.9 Å². The third kappa shape index (κ3) is 9.21. The summed E-state index contributed by atoms with van der Waals surface area (Å²) in [4.78, 5) is 22.5. The summed E-state index contributed by atoms with van der Waals surface area (Å²) >= 11 is 2.92. The van der Waals surface area contributed by atoms with Crippen molar-refractivity contribution in [2.24, 2.45) is 4.99 Å². The second kappa shape index (κ2) is 17.1. The van der Waals surface area contributed by atoms with Gasteiger partial charge in [0.25, 0.3) is 0 Å². The summed E-state index contributed by atoms with van der Waals surface area (Å²) in [6, 6.07) is 20.6. The number of aliphatic imine (C=N–C) groups is 1. The van der Waals surface area contributed by atoms with E-state index in [0.29, 0.717) is 27.5 Å². The average Bonchev–Trinajstić information content (AvgIpc) is 3.59. The van der Waals surface area contributed by atoms with Crippen LogP contribution in [0.25, 0.3) is 17.1 Å². The van der Waals surface area contributed by atoms with Crippen molar-refractivity contribution in [3.8, 4) is 22.8 Å². The topological polar surface area (TPSA) is 130 Å². The molecule has 49 heavy (non-hydrogen) atoms. The number of nitrogens with zero attached hydrogens (tertiary/aromatic N) is 4. The van der Waals surface area contributed by atoms with Crippen molar-refractivity contribution in [2.75, 3.05) is 38.8 Å². The third-order valence-electron chi connectivity index (χ3n) is 8.01. The van der Waals surface area contributed by atoms with Crippen LogP contribution in [0.15, 0.2) is 78.0 Å². The molecule has 2 N–H and O–H groups in total.